The van der Waals surface area contributed by atoms with Crippen LogP contribution < -0.4 is 5.32 Å². The van der Waals surface area contributed by atoms with Crippen LogP contribution in [0.4, 0.5) is 0 Å². The Morgan fingerprint density at radius 2 is 2.05 bits per heavy atom. The summed E-state index contributed by atoms with van der Waals surface area (Å²) in [5.74, 6) is -0.414. The molecule has 116 valence electrons. The predicted molar refractivity (Wildman–Crippen MR) is 87.7 cm³/mol. The SMILES string of the molecule is CC(=O)c1csc(C(=O)NCC(C)(O)c2ccccc2Cl)c1. The lowest BCUT2D eigenvalue weighted by atomic mass is 9.96. The predicted octanol–water partition coefficient (Wildman–Crippen LogP) is 3.24. The van der Waals surface area contributed by atoms with Crippen molar-refractivity contribution in [2.75, 3.05) is 6.54 Å². The molecule has 1 aromatic carbocycles. The fraction of sp³-hybridized carbons (Fsp3) is 0.250. The fourth-order valence-corrected chi connectivity index (χ4v) is 3.17. The molecule has 0 saturated carbocycles. The van der Waals surface area contributed by atoms with Crippen LogP contribution in [0.1, 0.15) is 39.4 Å². The molecule has 0 aliphatic carbocycles. The Hall–Kier alpha value is -1.69. The zero-order chi connectivity index (χ0) is 16.3. The minimum atomic E-state index is -1.28. The molecule has 0 fully saturated rings. The summed E-state index contributed by atoms with van der Waals surface area (Å²) < 4.78 is 0. The molecule has 0 aliphatic heterocycles. The minimum Gasteiger partial charge on any atom is -0.384 e. The maximum atomic E-state index is 12.1. The van der Waals surface area contributed by atoms with E-state index < -0.39 is 5.60 Å². The summed E-state index contributed by atoms with van der Waals surface area (Å²) in [5, 5.41) is 15.3. The highest BCUT2D eigenvalue weighted by Crippen LogP contribution is 2.27. The standard InChI is InChI=1S/C16H16ClNO3S/c1-10(19)11-7-14(22-8-11)15(20)18-9-16(2,21)12-5-3-4-6-13(12)17/h3-8,21H,9H2,1-2H3,(H,18,20). The van der Waals surface area contributed by atoms with E-state index in [-0.39, 0.29) is 18.2 Å². The van der Waals surface area contributed by atoms with Crippen molar-refractivity contribution in [2.45, 2.75) is 19.4 Å². The Kier molecular flexibility index (Phi) is 5.01. The number of carbonyl (C=O) groups is 2. The van der Waals surface area contributed by atoms with Gasteiger partial charge in [-0.25, -0.2) is 0 Å². The van der Waals surface area contributed by atoms with Crippen molar-refractivity contribution in [1.82, 2.24) is 5.32 Å². The third-order valence-electron chi connectivity index (χ3n) is 3.28. The Morgan fingerprint density at radius 1 is 1.36 bits per heavy atom. The maximum absolute atomic E-state index is 12.1. The van der Waals surface area contributed by atoms with Gasteiger partial charge in [-0.1, -0.05) is 29.8 Å². The molecule has 6 heteroatoms. The first kappa shape index (κ1) is 16.7. The second kappa shape index (κ2) is 6.60. The molecule has 0 aliphatic rings. The van der Waals surface area contributed by atoms with Gasteiger partial charge in [0.25, 0.3) is 5.91 Å². The molecule has 2 rings (SSSR count). The Balaban J connectivity index is 2.06. The molecule has 1 amide bonds. The quantitative estimate of drug-likeness (QED) is 0.823. The third-order valence-corrected chi connectivity index (χ3v) is 4.54. The number of carbonyl (C=O) groups excluding carboxylic acids is 2. The molecular weight excluding hydrogens is 322 g/mol. The summed E-state index contributed by atoms with van der Waals surface area (Å²) in [6, 6.07) is 8.50. The summed E-state index contributed by atoms with van der Waals surface area (Å²) in [6.45, 7) is 3.05. The van der Waals surface area contributed by atoms with Crippen LogP contribution in [0.25, 0.3) is 0 Å². The lowest BCUT2D eigenvalue weighted by molar-refractivity contribution is 0.0528. The van der Waals surface area contributed by atoms with Crippen LogP contribution in [-0.2, 0) is 5.60 Å². The van der Waals surface area contributed by atoms with Crippen LogP contribution >= 0.6 is 22.9 Å². The molecule has 2 N–H and O–H groups in total. The minimum absolute atomic E-state index is 0.0167. The van der Waals surface area contributed by atoms with Crippen LogP contribution in [0.2, 0.25) is 5.02 Å². The summed E-state index contributed by atoms with van der Waals surface area (Å²) in [5.41, 5.74) is -0.227. The molecule has 0 radical (unpaired) electrons. The van der Waals surface area contributed by atoms with Crippen LogP contribution in [0.3, 0.4) is 0 Å². The van der Waals surface area contributed by atoms with Gasteiger partial charge in [-0.3, -0.25) is 9.59 Å². The number of hydrogen-bond acceptors (Lipinski definition) is 4. The van der Waals surface area contributed by atoms with Gasteiger partial charge in [0.1, 0.15) is 5.60 Å². The molecule has 1 heterocycles. The molecule has 22 heavy (non-hydrogen) atoms. The van der Waals surface area contributed by atoms with Gasteiger partial charge in [-0.2, -0.15) is 0 Å². The highest BCUT2D eigenvalue weighted by atomic mass is 35.5. The topological polar surface area (TPSA) is 66.4 Å². The first-order chi connectivity index (χ1) is 10.3. The number of amides is 1. The molecular formula is C16H16ClNO3S. The Morgan fingerprint density at radius 3 is 2.64 bits per heavy atom. The Bertz CT molecular complexity index is 709. The van der Waals surface area contributed by atoms with E-state index in [2.05, 4.69) is 5.32 Å². The van der Waals surface area contributed by atoms with Gasteiger partial charge in [0, 0.05) is 21.5 Å². The normalized spacial score (nSPS) is 13.5. The first-order valence-corrected chi connectivity index (χ1v) is 7.92. The summed E-state index contributed by atoms with van der Waals surface area (Å²) in [4.78, 5) is 23.8. The van der Waals surface area contributed by atoms with E-state index in [1.807, 2.05) is 0 Å². The number of halogens is 1. The number of nitrogens with one attached hydrogen (secondary N) is 1. The first-order valence-electron chi connectivity index (χ1n) is 6.66. The van der Waals surface area contributed by atoms with Crippen molar-refractivity contribution >= 4 is 34.6 Å². The van der Waals surface area contributed by atoms with Crippen molar-refractivity contribution in [3.05, 3.63) is 56.7 Å². The number of thiophene rings is 1. The average Bonchev–Trinajstić information content (AvgIpc) is 2.95. The van der Waals surface area contributed by atoms with E-state index in [4.69, 9.17) is 11.6 Å². The van der Waals surface area contributed by atoms with Crippen LogP contribution in [-0.4, -0.2) is 23.3 Å². The van der Waals surface area contributed by atoms with Crippen LogP contribution in [0.15, 0.2) is 35.7 Å². The molecule has 0 bridgehead atoms. The highest BCUT2D eigenvalue weighted by Gasteiger charge is 2.26. The molecule has 0 spiro atoms. The van der Waals surface area contributed by atoms with E-state index in [9.17, 15) is 14.7 Å². The van der Waals surface area contributed by atoms with Crippen molar-refractivity contribution in [3.8, 4) is 0 Å². The van der Waals surface area contributed by atoms with Gasteiger partial charge in [0.05, 0.1) is 11.4 Å². The second-order valence-electron chi connectivity index (χ2n) is 5.19. The molecule has 1 unspecified atom stereocenters. The number of hydrogen-bond donors (Lipinski definition) is 2. The summed E-state index contributed by atoms with van der Waals surface area (Å²) in [6.07, 6.45) is 0. The lowest BCUT2D eigenvalue weighted by Crippen LogP contribution is -2.38. The van der Waals surface area contributed by atoms with E-state index in [1.54, 1.807) is 42.6 Å². The number of rotatable bonds is 5. The van der Waals surface area contributed by atoms with E-state index in [1.165, 1.54) is 18.3 Å². The van der Waals surface area contributed by atoms with Crippen molar-refractivity contribution in [3.63, 3.8) is 0 Å². The molecule has 0 saturated heterocycles. The second-order valence-corrected chi connectivity index (χ2v) is 6.51. The molecule has 1 aromatic heterocycles. The number of aliphatic hydroxyl groups is 1. The third kappa shape index (κ3) is 3.74. The van der Waals surface area contributed by atoms with E-state index in [0.717, 1.165) is 0 Å². The van der Waals surface area contributed by atoms with Crippen molar-refractivity contribution in [2.24, 2.45) is 0 Å². The van der Waals surface area contributed by atoms with Gasteiger partial charge in [-0.15, -0.1) is 11.3 Å². The van der Waals surface area contributed by atoms with E-state index in [0.29, 0.717) is 21.0 Å². The van der Waals surface area contributed by atoms with Gasteiger partial charge in [0.15, 0.2) is 5.78 Å². The van der Waals surface area contributed by atoms with Gasteiger partial charge in [-0.05, 0) is 26.0 Å². The zero-order valence-electron chi connectivity index (χ0n) is 12.2. The van der Waals surface area contributed by atoms with Crippen LogP contribution in [0.5, 0.6) is 0 Å². The van der Waals surface area contributed by atoms with Crippen LogP contribution in [0, 0.1) is 0 Å². The number of benzene rings is 1. The lowest BCUT2D eigenvalue weighted by Gasteiger charge is -2.25. The molecule has 1 atom stereocenters. The molecule has 4 nitrogen and oxygen atoms in total. The monoisotopic (exact) mass is 337 g/mol. The fourth-order valence-electron chi connectivity index (χ4n) is 1.97. The summed E-state index contributed by atoms with van der Waals surface area (Å²) >= 11 is 7.27. The van der Waals surface area contributed by atoms with Crippen molar-refractivity contribution in [1.29, 1.82) is 0 Å². The van der Waals surface area contributed by atoms with E-state index >= 15 is 0 Å². The largest absolute Gasteiger partial charge is 0.384 e. The Labute approximate surface area is 137 Å². The van der Waals surface area contributed by atoms with Gasteiger partial charge in [0.2, 0.25) is 0 Å². The number of Topliss-reactive ketones (excluding diaryl/α,β-unsaturated/α-hetero) is 1. The zero-order valence-corrected chi connectivity index (χ0v) is 13.8. The van der Waals surface area contributed by atoms with Gasteiger partial charge < -0.3 is 10.4 Å². The average molecular weight is 338 g/mol. The summed E-state index contributed by atoms with van der Waals surface area (Å²) in [7, 11) is 0. The van der Waals surface area contributed by atoms with Gasteiger partial charge >= 0.3 is 0 Å². The molecule has 2 aromatic rings. The smallest absolute Gasteiger partial charge is 0.261 e. The highest BCUT2D eigenvalue weighted by molar-refractivity contribution is 7.12. The maximum Gasteiger partial charge on any atom is 0.261 e. The number of ketones is 1. The van der Waals surface area contributed by atoms with Crippen molar-refractivity contribution < 1.29 is 14.7 Å².